The molecule has 116 valence electrons. The summed E-state index contributed by atoms with van der Waals surface area (Å²) < 4.78 is 5.10. The molecule has 0 bridgehead atoms. The zero-order valence-electron chi connectivity index (χ0n) is 12.3. The predicted octanol–water partition coefficient (Wildman–Crippen LogP) is 2.91. The van der Waals surface area contributed by atoms with Crippen LogP contribution in [0.15, 0.2) is 41.8 Å². The summed E-state index contributed by atoms with van der Waals surface area (Å²) in [7, 11) is 1.58. The zero-order valence-corrected chi connectivity index (χ0v) is 13.1. The van der Waals surface area contributed by atoms with E-state index in [2.05, 4.69) is 10.6 Å². The van der Waals surface area contributed by atoms with Crippen LogP contribution in [0.4, 0.5) is 5.69 Å². The Morgan fingerprint density at radius 2 is 2.09 bits per heavy atom. The monoisotopic (exact) mass is 318 g/mol. The number of carbonyl (C=O) groups excluding carboxylic acids is 2. The molecule has 0 atom stereocenters. The zero-order chi connectivity index (χ0) is 15.8. The van der Waals surface area contributed by atoms with Crippen molar-refractivity contribution in [2.75, 3.05) is 19.0 Å². The molecule has 5 nitrogen and oxygen atoms in total. The SMILES string of the molecule is COc1cccc(NC(=O)CCCNC(=O)c2cccs2)c1. The molecule has 0 saturated heterocycles. The fraction of sp³-hybridized carbons (Fsp3) is 0.250. The summed E-state index contributed by atoms with van der Waals surface area (Å²) in [6.45, 7) is 0.474. The average molecular weight is 318 g/mol. The summed E-state index contributed by atoms with van der Waals surface area (Å²) in [6.07, 6.45) is 0.939. The second-order valence-corrected chi connectivity index (χ2v) is 5.56. The Morgan fingerprint density at radius 3 is 2.82 bits per heavy atom. The molecule has 2 amide bonds. The van der Waals surface area contributed by atoms with Crippen molar-refractivity contribution in [3.05, 3.63) is 46.7 Å². The molecule has 2 aromatic rings. The van der Waals surface area contributed by atoms with Gasteiger partial charge in [0, 0.05) is 24.7 Å². The van der Waals surface area contributed by atoms with Crippen LogP contribution in [0.5, 0.6) is 5.75 Å². The molecule has 0 radical (unpaired) electrons. The third-order valence-electron chi connectivity index (χ3n) is 2.96. The van der Waals surface area contributed by atoms with E-state index in [1.54, 1.807) is 25.3 Å². The van der Waals surface area contributed by atoms with Crippen molar-refractivity contribution >= 4 is 28.8 Å². The van der Waals surface area contributed by atoms with Gasteiger partial charge in [0.15, 0.2) is 0 Å². The van der Waals surface area contributed by atoms with Crippen molar-refractivity contribution in [2.24, 2.45) is 0 Å². The van der Waals surface area contributed by atoms with E-state index in [0.717, 1.165) is 0 Å². The predicted molar refractivity (Wildman–Crippen MR) is 87.5 cm³/mol. The maximum Gasteiger partial charge on any atom is 0.261 e. The van der Waals surface area contributed by atoms with E-state index < -0.39 is 0 Å². The van der Waals surface area contributed by atoms with Gasteiger partial charge >= 0.3 is 0 Å². The Morgan fingerprint density at radius 1 is 1.23 bits per heavy atom. The van der Waals surface area contributed by atoms with Gasteiger partial charge in [0.2, 0.25) is 5.91 Å². The maximum atomic E-state index is 11.8. The number of methoxy groups -OCH3 is 1. The van der Waals surface area contributed by atoms with Gasteiger partial charge in [-0.05, 0) is 30.0 Å². The van der Waals surface area contributed by atoms with E-state index in [1.165, 1.54) is 11.3 Å². The van der Waals surface area contributed by atoms with E-state index in [1.807, 2.05) is 23.6 Å². The molecule has 0 aliphatic carbocycles. The van der Waals surface area contributed by atoms with Gasteiger partial charge in [-0.15, -0.1) is 11.3 Å². The summed E-state index contributed by atoms with van der Waals surface area (Å²) in [5, 5.41) is 7.45. The normalized spacial score (nSPS) is 10.0. The molecule has 6 heteroatoms. The first-order valence-corrected chi connectivity index (χ1v) is 7.82. The van der Waals surface area contributed by atoms with Crippen LogP contribution in [0.25, 0.3) is 0 Å². The minimum Gasteiger partial charge on any atom is -0.497 e. The van der Waals surface area contributed by atoms with Gasteiger partial charge in [-0.25, -0.2) is 0 Å². The van der Waals surface area contributed by atoms with Crippen molar-refractivity contribution in [3.63, 3.8) is 0 Å². The number of ether oxygens (including phenoxy) is 1. The first kappa shape index (κ1) is 16.0. The lowest BCUT2D eigenvalue weighted by Crippen LogP contribution is -2.24. The van der Waals surface area contributed by atoms with Crippen LogP contribution in [0.1, 0.15) is 22.5 Å². The van der Waals surface area contributed by atoms with Crippen molar-refractivity contribution in [1.82, 2.24) is 5.32 Å². The van der Waals surface area contributed by atoms with Crippen LogP contribution in [-0.4, -0.2) is 25.5 Å². The quantitative estimate of drug-likeness (QED) is 0.771. The van der Waals surface area contributed by atoms with Gasteiger partial charge in [0.1, 0.15) is 5.75 Å². The molecule has 0 aliphatic rings. The van der Waals surface area contributed by atoms with Gasteiger partial charge in [-0.1, -0.05) is 12.1 Å². The third kappa shape index (κ3) is 4.89. The molecular formula is C16H18N2O3S. The smallest absolute Gasteiger partial charge is 0.261 e. The van der Waals surface area contributed by atoms with Crippen LogP contribution in [-0.2, 0) is 4.79 Å². The molecule has 0 aliphatic heterocycles. The van der Waals surface area contributed by atoms with Crippen LogP contribution in [0, 0.1) is 0 Å². The molecule has 0 unspecified atom stereocenters. The molecule has 2 N–H and O–H groups in total. The molecule has 1 aromatic heterocycles. The topological polar surface area (TPSA) is 67.4 Å². The highest BCUT2D eigenvalue weighted by atomic mass is 32.1. The average Bonchev–Trinajstić information content (AvgIpc) is 3.06. The minimum absolute atomic E-state index is 0.0846. The largest absolute Gasteiger partial charge is 0.497 e. The fourth-order valence-electron chi connectivity index (χ4n) is 1.87. The van der Waals surface area contributed by atoms with Crippen molar-refractivity contribution in [1.29, 1.82) is 0 Å². The Kier molecular flexibility index (Phi) is 5.97. The first-order valence-electron chi connectivity index (χ1n) is 6.94. The first-order chi connectivity index (χ1) is 10.7. The molecule has 2 rings (SSSR count). The van der Waals surface area contributed by atoms with Gasteiger partial charge in [0.25, 0.3) is 5.91 Å². The highest BCUT2D eigenvalue weighted by Crippen LogP contribution is 2.16. The van der Waals surface area contributed by atoms with Crippen LogP contribution in [0.3, 0.4) is 0 Å². The van der Waals surface area contributed by atoms with Crippen molar-refractivity contribution < 1.29 is 14.3 Å². The summed E-state index contributed by atoms with van der Waals surface area (Å²) in [4.78, 5) is 24.2. The fourth-order valence-corrected chi connectivity index (χ4v) is 2.51. The van der Waals surface area contributed by atoms with Crippen LogP contribution in [0.2, 0.25) is 0 Å². The highest BCUT2D eigenvalue weighted by molar-refractivity contribution is 7.12. The Labute approximate surface area is 133 Å². The number of nitrogens with one attached hydrogen (secondary N) is 2. The summed E-state index contributed by atoms with van der Waals surface area (Å²) >= 11 is 1.40. The number of hydrogen-bond acceptors (Lipinski definition) is 4. The summed E-state index contributed by atoms with van der Waals surface area (Å²) in [6, 6.07) is 10.8. The highest BCUT2D eigenvalue weighted by Gasteiger charge is 2.06. The third-order valence-corrected chi connectivity index (χ3v) is 3.83. The molecule has 1 aromatic carbocycles. The number of carbonyl (C=O) groups is 2. The van der Waals surface area contributed by atoms with E-state index in [-0.39, 0.29) is 11.8 Å². The van der Waals surface area contributed by atoms with E-state index in [9.17, 15) is 9.59 Å². The summed E-state index contributed by atoms with van der Waals surface area (Å²) in [5.74, 6) is 0.517. The van der Waals surface area contributed by atoms with Crippen LogP contribution < -0.4 is 15.4 Å². The summed E-state index contributed by atoms with van der Waals surface area (Å²) in [5.41, 5.74) is 0.701. The molecule has 0 fully saturated rings. The lowest BCUT2D eigenvalue weighted by atomic mass is 10.2. The second-order valence-electron chi connectivity index (χ2n) is 4.62. The van der Waals surface area contributed by atoms with Crippen LogP contribution >= 0.6 is 11.3 Å². The molecule has 1 heterocycles. The number of amides is 2. The Hall–Kier alpha value is -2.34. The maximum absolute atomic E-state index is 11.8. The number of benzene rings is 1. The van der Waals surface area contributed by atoms with Gasteiger partial charge in [0.05, 0.1) is 12.0 Å². The van der Waals surface area contributed by atoms with Gasteiger partial charge in [-0.3, -0.25) is 9.59 Å². The van der Waals surface area contributed by atoms with E-state index in [4.69, 9.17) is 4.74 Å². The van der Waals surface area contributed by atoms with Gasteiger partial charge in [-0.2, -0.15) is 0 Å². The van der Waals surface area contributed by atoms with Crippen molar-refractivity contribution in [2.45, 2.75) is 12.8 Å². The molecule has 0 saturated carbocycles. The Bertz CT molecular complexity index is 626. The number of anilines is 1. The second kappa shape index (κ2) is 8.19. The van der Waals surface area contributed by atoms with Gasteiger partial charge < -0.3 is 15.4 Å². The molecular weight excluding hydrogens is 300 g/mol. The lowest BCUT2D eigenvalue weighted by molar-refractivity contribution is -0.116. The number of rotatable bonds is 7. The van der Waals surface area contributed by atoms with E-state index >= 15 is 0 Å². The van der Waals surface area contributed by atoms with Crippen molar-refractivity contribution in [3.8, 4) is 5.75 Å². The molecule has 0 spiro atoms. The number of thiophene rings is 1. The number of hydrogen-bond donors (Lipinski definition) is 2. The standard InChI is InChI=1S/C16H18N2O3S/c1-21-13-6-2-5-12(11-13)18-15(19)8-3-9-17-16(20)14-7-4-10-22-14/h2,4-7,10-11H,3,8-9H2,1H3,(H,17,20)(H,18,19). The molecule has 22 heavy (non-hydrogen) atoms. The van der Waals surface area contributed by atoms with E-state index in [0.29, 0.717) is 35.7 Å². The lowest BCUT2D eigenvalue weighted by Gasteiger charge is -2.07. The minimum atomic E-state index is -0.0943. The Balaban J connectivity index is 1.68.